The van der Waals surface area contributed by atoms with E-state index in [0.717, 1.165) is 5.56 Å². The Kier molecular flexibility index (Phi) is 5.23. The van der Waals surface area contributed by atoms with Crippen molar-refractivity contribution in [1.82, 2.24) is 0 Å². The summed E-state index contributed by atoms with van der Waals surface area (Å²) in [5.41, 5.74) is 6.39. The Morgan fingerprint density at radius 2 is 1.45 bits per heavy atom. The van der Waals surface area contributed by atoms with Crippen LogP contribution >= 0.6 is 0 Å². The van der Waals surface area contributed by atoms with E-state index in [1.807, 2.05) is 30.3 Å². The predicted molar refractivity (Wildman–Crippen MR) is 96.6 cm³/mol. The SMILES string of the molecule is Cc1cc(C(C)(C)C)cc(C)c1C[S@@](=O)Cc1ccccc1. The fourth-order valence-electron chi connectivity index (χ4n) is 2.63. The molecule has 22 heavy (non-hydrogen) atoms. The van der Waals surface area contributed by atoms with Crippen LogP contribution in [0.1, 0.15) is 48.6 Å². The van der Waals surface area contributed by atoms with Gasteiger partial charge in [0.2, 0.25) is 0 Å². The van der Waals surface area contributed by atoms with E-state index < -0.39 is 10.8 Å². The Bertz CT molecular complexity index is 643. The first-order valence-corrected chi connectivity index (χ1v) is 9.25. The molecule has 0 saturated heterocycles. The molecule has 0 spiro atoms. The van der Waals surface area contributed by atoms with Crippen molar-refractivity contribution in [3.63, 3.8) is 0 Å². The Hall–Kier alpha value is -1.41. The molecule has 0 aliphatic heterocycles. The molecule has 2 aromatic rings. The minimum Gasteiger partial charge on any atom is -0.259 e. The highest BCUT2D eigenvalue weighted by Gasteiger charge is 2.17. The van der Waals surface area contributed by atoms with E-state index in [9.17, 15) is 4.21 Å². The molecule has 118 valence electrons. The molecule has 0 saturated carbocycles. The Morgan fingerprint density at radius 1 is 0.909 bits per heavy atom. The summed E-state index contributed by atoms with van der Waals surface area (Å²) < 4.78 is 12.5. The van der Waals surface area contributed by atoms with Crippen molar-refractivity contribution >= 4 is 10.8 Å². The monoisotopic (exact) mass is 314 g/mol. The normalized spacial score (nSPS) is 13.1. The third-order valence-electron chi connectivity index (χ3n) is 4.04. The topological polar surface area (TPSA) is 17.1 Å². The van der Waals surface area contributed by atoms with Crippen LogP contribution in [0.4, 0.5) is 0 Å². The predicted octanol–water partition coefficient (Wildman–Crippen LogP) is 5.05. The standard InChI is InChI=1S/C20H26OS/c1-15-11-18(20(3,4)5)12-16(2)19(15)14-22(21)13-17-9-7-6-8-10-17/h6-12H,13-14H2,1-5H3/t22-/m0/s1. The molecular formula is C20H26OS. The van der Waals surface area contributed by atoms with Crippen LogP contribution in [0.25, 0.3) is 0 Å². The van der Waals surface area contributed by atoms with Crippen LogP contribution in [0.2, 0.25) is 0 Å². The van der Waals surface area contributed by atoms with Crippen LogP contribution in [-0.4, -0.2) is 4.21 Å². The number of hydrogen-bond acceptors (Lipinski definition) is 1. The Labute approximate surface area is 137 Å². The van der Waals surface area contributed by atoms with Gasteiger partial charge in [-0.1, -0.05) is 63.2 Å². The molecule has 0 unspecified atom stereocenters. The fraction of sp³-hybridized carbons (Fsp3) is 0.400. The second-order valence-corrected chi connectivity index (χ2v) is 8.51. The molecule has 0 bridgehead atoms. The Balaban J connectivity index is 2.18. The molecule has 0 radical (unpaired) electrons. The van der Waals surface area contributed by atoms with E-state index >= 15 is 0 Å². The van der Waals surface area contributed by atoms with Crippen molar-refractivity contribution < 1.29 is 4.21 Å². The van der Waals surface area contributed by atoms with Crippen LogP contribution in [0.5, 0.6) is 0 Å². The van der Waals surface area contributed by atoms with Gasteiger partial charge in [-0.2, -0.15) is 0 Å². The summed E-state index contributed by atoms with van der Waals surface area (Å²) in [6.45, 7) is 11.0. The zero-order valence-corrected chi connectivity index (χ0v) is 15.1. The number of rotatable bonds is 4. The summed E-state index contributed by atoms with van der Waals surface area (Å²) in [6.07, 6.45) is 0. The van der Waals surface area contributed by atoms with Gasteiger partial charge in [-0.05, 0) is 47.1 Å². The first kappa shape index (κ1) is 17.0. The van der Waals surface area contributed by atoms with Gasteiger partial charge in [0, 0.05) is 22.3 Å². The molecule has 0 fully saturated rings. The zero-order chi connectivity index (χ0) is 16.3. The molecule has 0 aromatic heterocycles. The first-order chi connectivity index (χ1) is 10.3. The molecule has 0 aliphatic carbocycles. The molecule has 0 amide bonds. The van der Waals surface area contributed by atoms with E-state index in [1.165, 1.54) is 22.3 Å². The summed E-state index contributed by atoms with van der Waals surface area (Å²) in [5.74, 6) is 1.26. The maximum Gasteiger partial charge on any atom is 0.0494 e. The number of hydrogen-bond donors (Lipinski definition) is 0. The lowest BCUT2D eigenvalue weighted by atomic mass is 9.84. The third-order valence-corrected chi connectivity index (χ3v) is 5.30. The van der Waals surface area contributed by atoms with Crippen LogP contribution in [0.15, 0.2) is 42.5 Å². The maximum atomic E-state index is 12.5. The summed E-state index contributed by atoms with van der Waals surface area (Å²) in [7, 11) is -0.870. The van der Waals surface area contributed by atoms with Crippen molar-refractivity contribution in [2.75, 3.05) is 0 Å². The lowest BCUT2D eigenvalue weighted by molar-refractivity contribution is 0.589. The molecule has 0 aliphatic rings. The molecule has 2 aromatic carbocycles. The quantitative estimate of drug-likeness (QED) is 0.772. The van der Waals surface area contributed by atoms with Crippen molar-refractivity contribution in [3.05, 3.63) is 70.3 Å². The second kappa shape index (κ2) is 6.78. The molecule has 2 rings (SSSR count). The molecule has 1 atom stereocenters. The van der Waals surface area contributed by atoms with Gasteiger partial charge in [0.15, 0.2) is 0 Å². The lowest BCUT2D eigenvalue weighted by Gasteiger charge is -2.22. The summed E-state index contributed by atoms with van der Waals surface area (Å²) in [6, 6.07) is 14.6. The largest absolute Gasteiger partial charge is 0.259 e. The van der Waals surface area contributed by atoms with Gasteiger partial charge in [-0.3, -0.25) is 4.21 Å². The van der Waals surface area contributed by atoms with E-state index in [2.05, 4.69) is 46.8 Å². The highest BCUT2D eigenvalue weighted by atomic mass is 32.2. The van der Waals surface area contributed by atoms with Crippen molar-refractivity contribution in [3.8, 4) is 0 Å². The first-order valence-electron chi connectivity index (χ1n) is 7.77. The maximum absolute atomic E-state index is 12.5. The van der Waals surface area contributed by atoms with Gasteiger partial charge in [0.1, 0.15) is 0 Å². The van der Waals surface area contributed by atoms with E-state index in [0.29, 0.717) is 11.5 Å². The number of benzene rings is 2. The van der Waals surface area contributed by atoms with Gasteiger partial charge >= 0.3 is 0 Å². The van der Waals surface area contributed by atoms with E-state index in [-0.39, 0.29) is 5.41 Å². The smallest absolute Gasteiger partial charge is 0.0494 e. The van der Waals surface area contributed by atoms with Crippen LogP contribution in [-0.2, 0) is 27.7 Å². The fourth-order valence-corrected chi connectivity index (χ4v) is 4.07. The van der Waals surface area contributed by atoms with Crippen LogP contribution in [0.3, 0.4) is 0 Å². The highest BCUT2D eigenvalue weighted by Crippen LogP contribution is 2.27. The van der Waals surface area contributed by atoms with E-state index in [1.54, 1.807) is 0 Å². The minimum absolute atomic E-state index is 0.150. The van der Waals surface area contributed by atoms with Gasteiger partial charge in [0.05, 0.1) is 0 Å². The molecule has 2 heteroatoms. The lowest BCUT2D eigenvalue weighted by Crippen LogP contribution is -2.13. The zero-order valence-electron chi connectivity index (χ0n) is 14.3. The third kappa shape index (κ3) is 4.30. The molecular weight excluding hydrogens is 288 g/mol. The van der Waals surface area contributed by atoms with Gasteiger partial charge in [-0.25, -0.2) is 0 Å². The Morgan fingerprint density at radius 3 is 1.95 bits per heavy atom. The summed E-state index contributed by atoms with van der Waals surface area (Å²) >= 11 is 0. The molecule has 1 nitrogen and oxygen atoms in total. The van der Waals surface area contributed by atoms with Crippen molar-refractivity contribution in [1.29, 1.82) is 0 Å². The molecule has 0 N–H and O–H groups in total. The minimum atomic E-state index is -0.870. The molecule has 0 heterocycles. The summed E-state index contributed by atoms with van der Waals surface area (Å²) in [4.78, 5) is 0. The van der Waals surface area contributed by atoms with Gasteiger partial charge in [0.25, 0.3) is 0 Å². The van der Waals surface area contributed by atoms with Crippen molar-refractivity contribution in [2.24, 2.45) is 0 Å². The van der Waals surface area contributed by atoms with Gasteiger partial charge in [-0.15, -0.1) is 0 Å². The van der Waals surface area contributed by atoms with E-state index in [4.69, 9.17) is 0 Å². The van der Waals surface area contributed by atoms with Crippen LogP contribution in [0, 0.1) is 13.8 Å². The van der Waals surface area contributed by atoms with Crippen LogP contribution < -0.4 is 0 Å². The second-order valence-electron chi connectivity index (χ2n) is 7.05. The number of aryl methyl sites for hydroxylation is 2. The van der Waals surface area contributed by atoms with Gasteiger partial charge < -0.3 is 0 Å². The van der Waals surface area contributed by atoms with Crippen molar-refractivity contribution in [2.45, 2.75) is 51.5 Å². The average Bonchev–Trinajstić information content (AvgIpc) is 2.42. The summed E-state index contributed by atoms with van der Waals surface area (Å²) in [5, 5.41) is 0. The highest BCUT2D eigenvalue weighted by molar-refractivity contribution is 7.83. The average molecular weight is 314 g/mol.